The summed E-state index contributed by atoms with van der Waals surface area (Å²) in [6.45, 7) is 1.19. The van der Waals surface area contributed by atoms with Gasteiger partial charge in [0.1, 0.15) is 5.82 Å². The van der Waals surface area contributed by atoms with Crippen LogP contribution >= 0.6 is 0 Å². The zero-order valence-corrected chi connectivity index (χ0v) is 16.3. The zero-order chi connectivity index (χ0) is 21.1. The lowest BCUT2D eigenvalue weighted by Crippen LogP contribution is -2.37. The highest BCUT2D eigenvalue weighted by atomic mass is 19.4. The standard InChI is InChI=1S/C23H22F3N3O/c24-23(25,26)18-9-10-21(27-14-18)29-13-12-19(15-29)28-22(30)11-8-17-6-3-5-16-4-1-2-7-20(16)17/h1-7,9-10,14,19H,8,11-13,15H2,(H,28,30). The number of rotatable bonds is 5. The number of nitrogens with one attached hydrogen (secondary N) is 1. The van der Waals surface area contributed by atoms with Gasteiger partial charge in [-0.2, -0.15) is 13.2 Å². The van der Waals surface area contributed by atoms with Crippen LogP contribution in [0.2, 0.25) is 0 Å². The Bertz CT molecular complexity index is 1030. The molecule has 0 bridgehead atoms. The molecule has 1 unspecified atom stereocenters. The molecule has 0 spiro atoms. The van der Waals surface area contributed by atoms with Crippen LogP contribution in [0.5, 0.6) is 0 Å². The van der Waals surface area contributed by atoms with Gasteiger partial charge in [-0.25, -0.2) is 4.98 Å². The molecule has 1 N–H and O–H groups in total. The number of carbonyl (C=O) groups is 1. The van der Waals surface area contributed by atoms with Crippen molar-refractivity contribution in [1.82, 2.24) is 10.3 Å². The number of halogens is 3. The van der Waals surface area contributed by atoms with Gasteiger partial charge in [-0.1, -0.05) is 42.5 Å². The van der Waals surface area contributed by atoms with Crippen LogP contribution in [0, 0.1) is 0 Å². The minimum Gasteiger partial charge on any atom is -0.354 e. The number of aromatic nitrogens is 1. The minimum atomic E-state index is -4.39. The SMILES string of the molecule is O=C(CCc1cccc2ccccc12)NC1CCN(c2ccc(C(F)(F)F)cn2)C1. The Morgan fingerprint density at radius 3 is 2.67 bits per heavy atom. The van der Waals surface area contributed by atoms with Gasteiger partial charge in [0.25, 0.3) is 0 Å². The average molecular weight is 413 g/mol. The topological polar surface area (TPSA) is 45.2 Å². The Kier molecular flexibility index (Phi) is 5.61. The third-order valence-electron chi connectivity index (χ3n) is 5.45. The maximum absolute atomic E-state index is 12.7. The summed E-state index contributed by atoms with van der Waals surface area (Å²) in [4.78, 5) is 18.3. The molecule has 1 amide bonds. The monoisotopic (exact) mass is 413 g/mol. The van der Waals surface area contributed by atoms with Crippen LogP contribution in [-0.4, -0.2) is 30.0 Å². The molecule has 0 aliphatic carbocycles. The normalized spacial score (nSPS) is 16.8. The first-order valence-electron chi connectivity index (χ1n) is 9.94. The number of hydrogen-bond donors (Lipinski definition) is 1. The molecule has 3 aromatic rings. The summed E-state index contributed by atoms with van der Waals surface area (Å²) in [5.41, 5.74) is 0.383. The Morgan fingerprint density at radius 1 is 1.10 bits per heavy atom. The first-order valence-corrected chi connectivity index (χ1v) is 9.94. The van der Waals surface area contributed by atoms with Gasteiger partial charge in [0.2, 0.25) is 5.91 Å². The molecule has 4 nitrogen and oxygen atoms in total. The van der Waals surface area contributed by atoms with Crippen LogP contribution in [0.1, 0.15) is 24.0 Å². The van der Waals surface area contributed by atoms with Gasteiger partial charge >= 0.3 is 6.18 Å². The van der Waals surface area contributed by atoms with Crippen molar-refractivity contribution in [1.29, 1.82) is 0 Å². The number of hydrogen-bond acceptors (Lipinski definition) is 3. The number of anilines is 1. The van der Waals surface area contributed by atoms with Crippen LogP contribution in [0.15, 0.2) is 60.8 Å². The molecular weight excluding hydrogens is 391 g/mol. The quantitative estimate of drug-likeness (QED) is 0.666. The van der Waals surface area contributed by atoms with E-state index in [-0.39, 0.29) is 11.9 Å². The molecule has 2 aromatic carbocycles. The fourth-order valence-electron chi connectivity index (χ4n) is 3.89. The highest BCUT2D eigenvalue weighted by Gasteiger charge is 2.31. The molecule has 1 aliphatic heterocycles. The summed E-state index contributed by atoms with van der Waals surface area (Å²) in [5, 5.41) is 5.36. The summed E-state index contributed by atoms with van der Waals surface area (Å²) in [5.74, 6) is 0.477. The van der Waals surface area contributed by atoms with E-state index in [2.05, 4.69) is 28.5 Å². The van der Waals surface area contributed by atoms with E-state index in [4.69, 9.17) is 0 Å². The van der Waals surface area contributed by atoms with Crippen LogP contribution in [0.25, 0.3) is 10.8 Å². The number of alkyl halides is 3. The van der Waals surface area contributed by atoms with Crippen molar-refractivity contribution in [2.75, 3.05) is 18.0 Å². The highest BCUT2D eigenvalue weighted by Crippen LogP contribution is 2.30. The van der Waals surface area contributed by atoms with E-state index in [0.29, 0.717) is 31.7 Å². The van der Waals surface area contributed by atoms with Crippen molar-refractivity contribution in [3.05, 3.63) is 71.9 Å². The van der Waals surface area contributed by atoms with E-state index < -0.39 is 11.7 Å². The maximum Gasteiger partial charge on any atom is 0.417 e. The van der Waals surface area contributed by atoms with E-state index in [1.54, 1.807) is 0 Å². The number of carbonyl (C=O) groups excluding carboxylic acids is 1. The Hall–Kier alpha value is -3.09. The summed E-state index contributed by atoms with van der Waals surface area (Å²) in [6, 6.07) is 16.6. The van der Waals surface area contributed by atoms with Crippen molar-refractivity contribution in [2.24, 2.45) is 0 Å². The number of amides is 1. The third kappa shape index (κ3) is 4.56. The van der Waals surface area contributed by atoms with Crippen molar-refractivity contribution < 1.29 is 18.0 Å². The van der Waals surface area contributed by atoms with Crippen LogP contribution < -0.4 is 10.2 Å². The van der Waals surface area contributed by atoms with Gasteiger partial charge in [0.05, 0.1) is 5.56 Å². The maximum atomic E-state index is 12.7. The van der Waals surface area contributed by atoms with Crippen molar-refractivity contribution in [3.8, 4) is 0 Å². The van der Waals surface area contributed by atoms with Crippen molar-refractivity contribution in [3.63, 3.8) is 0 Å². The molecule has 4 rings (SSSR count). The molecule has 1 aromatic heterocycles. The predicted molar refractivity (Wildman–Crippen MR) is 110 cm³/mol. The van der Waals surface area contributed by atoms with Crippen LogP contribution in [0.4, 0.5) is 19.0 Å². The summed E-state index contributed by atoms with van der Waals surface area (Å²) < 4.78 is 38.0. The van der Waals surface area contributed by atoms with Gasteiger partial charge < -0.3 is 10.2 Å². The lowest BCUT2D eigenvalue weighted by Gasteiger charge is -2.18. The number of fused-ring (bicyclic) bond motifs is 1. The number of pyridine rings is 1. The number of nitrogens with zero attached hydrogens (tertiary/aromatic N) is 2. The smallest absolute Gasteiger partial charge is 0.354 e. The lowest BCUT2D eigenvalue weighted by atomic mass is 10.0. The molecule has 0 saturated carbocycles. The summed E-state index contributed by atoms with van der Waals surface area (Å²) >= 11 is 0. The molecule has 0 radical (unpaired) electrons. The lowest BCUT2D eigenvalue weighted by molar-refractivity contribution is -0.137. The van der Waals surface area contributed by atoms with E-state index in [9.17, 15) is 18.0 Å². The van der Waals surface area contributed by atoms with Gasteiger partial charge in [-0.15, -0.1) is 0 Å². The van der Waals surface area contributed by atoms with Gasteiger partial charge in [0, 0.05) is 31.7 Å². The second kappa shape index (κ2) is 8.34. The first kappa shape index (κ1) is 20.2. The number of aryl methyl sites for hydroxylation is 1. The van der Waals surface area contributed by atoms with E-state index in [1.165, 1.54) is 6.07 Å². The second-order valence-electron chi connectivity index (χ2n) is 7.54. The summed E-state index contributed by atoms with van der Waals surface area (Å²) in [7, 11) is 0. The fourth-order valence-corrected chi connectivity index (χ4v) is 3.89. The second-order valence-corrected chi connectivity index (χ2v) is 7.54. The zero-order valence-electron chi connectivity index (χ0n) is 16.3. The molecule has 1 fully saturated rings. The molecule has 2 heterocycles. The Balaban J connectivity index is 1.30. The predicted octanol–water partition coefficient (Wildman–Crippen LogP) is 4.58. The van der Waals surface area contributed by atoms with Gasteiger partial charge in [-0.05, 0) is 41.3 Å². The molecule has 1 saturated heterocycles. The number of benzene rings is 2. The molecule has 7 heteroatoms. The first-order chi connectivity index (χ1) is 14.4. The van der Waals surface area contributed by atoms with Gasteiger partial charge in [0.15, 0.2) is 0 Å². The third-order valence-corrected chi connectivity index (χ3v) is 5.45. The molecular formula is C23H22F3N3O. The fraction of sp³-hybridized carbons (Fsp3) is 0.304. The molecule has 1 aliphatic rings. The molecule has 1 atom stereocenters. The summed E-state index contributed by atoms with van der Waals surface area (Å²) in [6.07, 6.45) is -1.75. The molecule has 156 valence electrons. The Morgan fingerprint density at radius 2 is 1.90 bits per heavy atom. The van der Waals surface area contributed by atoms with Crippen molar-refractivity contribution in [2.45, 2.75) is 31.5 Å². The van der Waals surface area contributed by atoms with E-state index >= 15 is 0 Å². The Labute approximate surface area is 172 Å². The van der Waals surface area contributed by atoms with Crippen LogP contribution in [0.3, 0.4) is 0 Å². The van der Waals surface area contributed by atoms with E-state index in [0.717, 1.165) is 35.0 Å². The molecule has 30 heavy (non-hydrogen) atoms. The largest absolute Gasteiger partial charge is 0.417 e. The van der Waals surface area contributed by atoms with E-state index in [1.807, 2.05) is 29.2 Å². The highest BCUT2D eigenvalue weighted by molar-refractivity contribution is 5.86. The van der Waals surface area contributed by atoms with Gasteiger partial charge in [-0.3, -0.25) is 4.79 Å². The average Bonchev–Trinajstić information content (AvgIpc) is 3.20. The van der Waals surface area contributed by atoms with Crippen molar-refractivity contribution >= 4 is 22.5 Å². The van der Waals surface area contributed by atoms with Crippen LogP contribution in [-0.2, 0) is 17.4 Å². The minimum absolute atomic E-state index is 0.0184.